The maximum Gasteiger partial charge on any atom is 0.172 e. The monoisotopic (exact) mass is 1260 g/mol. The minimum Gasteiger partial charge on any atom is -0.489 e. The van der Waals surface area contributed by atoms with E-state index in [1.807, 2.05) is 11.3 Å². The predicted octanol–water partition coefficient (Wildman–Crippen LogP) is 26.8. The first-order valence-corrected chi connectivity index (χ1v) is 38.9. The van der Waals surface area contributed by atoms with E-state index in [4.69, 9.17) is 18.2 Å². The molecule has 0 fully saturated rings. The topological polar surface area (TPSA) is 49.2 Å². The number of fused-ring (bicyclic) bond motifs is 10. The van der Waals surface area contributed by atoms with Gasteiger partial charge in [0, 0.05) is 53.8 Å². The highest BCUT2D eigenvalue weighted by atomic mass is 32.1. The molecule has 2 aliphatic carbocycles. The van der Waals surface area contributed by atoms with E-state index in [1.54, 1.807) is 33.6 Å². The van der Waals surface area contributed by atoms with Gasteiger partial charge in [0.05, 0.1) is 36.1 Å². The third-order valence-electron chi connectivity index (χ3n) is 20.8. The van der Waals surface area contributed by atoms with Crippen molar-refractivity contribution in [3.8, 4) is 65.1 Å². The minimum absolute atomic E-state index is 0.0357. The predicted molar refractivity (Wildman–Crippen MR) is 393 cm³/mol. The van der Waals surface area contributed by atoms with E-state index < -0.39 is 0 Å². The van der Waals surface area contributed by atoms with Crippen LogP contribution in [0.5, 0.6) is 11.5 Å². The molecule has 9 aromatic rings. The third kappa shape index (κ3) is 13.7. The van der Waals surface area contributed by atoms with Gasteiger partial charge in [0.1, 0.15) is 11.0 Å². The molecule has 8 heteroatoms. The van der Waals surface area contributed by atoms with Gasteiger partial charge in [0.15, 0.2) is 11.5 Å². The van der Waals surface area contributed by atoms with E-state index in [2.05, 4.69) is 149 Å². The summed E-state index contributed by atoms with van der Waals surface area (Å²) in [6, 6.07) is 37.4. The molecule has 0 amide bonds. The van der Waals surface area contributed by atoms with Crippen molar-refractivity contribution in [2.45, 2.75) is 271 Å². The van der Waals surface area contributed by atoms with E-state index in [0.717, 1.165) is 75.6 Å². The minimum atomic E-state index is -0.0977. The van der Waals surface area contributed by atoms with Crippen LogP contribution in [0.4, 0.5) is 0 Å². The number of unbranched alkanes of at least 4 members (excludes halogenated alkanes) is 21. The van der Waals surface area contributed by atoms with Gasteiger partial charge in [-0.1, -0.05) is 251 Å². The van der Waals surface area contributed by atoms with Gasteiger partial charge in [-0.2, -0.15) is 8.75 Å². The number of ether oxygens (including phenoxy) is 2. The summed E-state index contributed by atoms with van der Waals surface area (Å²) in [6.45, 7) is 18.7. The number of hydrogen-bond donors (Lipinski definition) is 0. The summed E-state index contributed by atoms with van der Waals surface area (Å²) in [4.78, 5) is 3.58. The molecule has 90 heavy (non-hydrogen) atoms. The van der Waals surface area contributed by atoms with E-state index >= 15 is 0 Å². The van der Waals surface area contributed by atoms with Crippen LogP contribution in [0.15, 0.2) is 96.4 Å². The average Bonchev–Trinajstić information content (AvgIpc) is 1.82. The molecule has 0 N–H and O–H groups in total. The molecule has 5 nitrogen and oxygen atoms in total. The Hall–Kier alpha value is -5.28. The summed E-state index contributed by atoms with van der Waals surface area (Å²) < 4.78 is 27.2. The van der Waals surface area contributed by atoms with Gasteiger partial charge < -0.3 is 14.0 Å². The quantitative estimate of drug-likeness (QED) is 0.0359. The molecule has 11 rings (SSSR count). The third-order valence-corrected chi connectivity index (χ3v) is 23.4. The second-order valence-corrected chi connectivity index (χ2v) is 29.6. The van der Waals surface area contributed by atoms with Gasteiger partial charge in [-0.3, -0.25) is 0 Å². The van der Waals surface area contributed by atoms with Crippen LogP contribution < -0.4 is 9.47 Å². The zero-order valence-corrected chi connectivity index (χ0v) is 58.8. The van der Waals surface area contributed by atoms with Gasteiger partial charge >= 0.3 is 0 Å². The first-order valence-electron chi connectivity index (χ1n) is 36.5. The van der Waals surface area contributed by atoms with Crippen molar-refractivity contribution in [3.05, 3.63) is 119 Å². The fourth-order valence-electron chi connectivity index (χ4n) is 16.0. The highest BCUT2D eigenvalue weighted by molar-refractivity contribution is 7.19. The number of nitrogens with zero attached hydrogens (tertiary/aromatic N) is 3. The first-order chi connectivity index (χ1) is 44.4. The lowest BCUT2D eigenvalue weighted by Crippen LogP contribution is -2.25. The summed E-state index contributed by atoms with van der Waals surface area (Å²) in [7, 11) is 0. The van der Waals surface area contributed by atoms with Crippen molar-refractivity contribution >= 4 is 67.2 Å². The van der Waals surface area contributed by atoms with E-state index in [0.29, 0.717) is 13.2 Å². The molecule has 0 saturated heterocycles. The molecule has 4 aromatic heterocycles. The largest absolute Gasteiger partial charge is 0.489 e. The maximum atomic E-state index is 7.12. The van der Waals surface area contributed by atoms with Crippen molar-refractivity contribution in [3.63, 3.8) is 0 Å². The molecular formula is C82H107N3O2S3. The fourth-order valence-corrected chi connectivity index (χ4v) is 18.4. The van der Waals surface area contributed by atoms with Crippen LogP contribution in [-0.4, -0.2) is 26.5 Å². The lowest BCUT2D eigenvalue weighted by Gasteiger charge is -2.33. The van der Waals surface area contributed by atoms with Crippen LogP contribution in [0.2, 0.25) is 0 Å². The van der Waals surface area contributed by atoms with E-state index in [1.165, 1.54) is 246 Å². The zero-order valence-electron chi connectivity index (χ0n) is 56.4. The molecule has 5 aromatic carbocycles. The zero-order chi connectivity index (χ0) is 62.3. The molecule has 0 radical (unpaired) electrons. The number of aryl methyl sites for hydroxylation is 1. The SMILES string of the molecule is CCCCCCOc1c(OCCCCCC)c(-c2ccc(-c3ccc4c(c3)C(CCCCCC)(CCCCCC)c3cc5c6cc7c(cc6n(CCCCCC)c5cc3-4)-c3ccccc3C7(CCCCCC)CCCCCC)s2)c2nsnc2c1-c1cccs1. The molecule has 0 aliphatic heterocycles. The number of rotatable bonds is 40. The second kappa shape index (κ2) is 32.0. The number of aromatic nitrogens is 3. The second-order valence-electron chi connectivity index (χ2n) is 27.1. The van der Waals surface area contributed by atoms with Gasteiger partial charge in [0.25, 0.3) is 0 Å². The Kier molecular flexibility index (Phi) is 23.6. The summed E-state index contributed by atoms with van der Waals surface area (Å²) >= 11 is 4.93. The van der Waals surface area contributed by atoms with Gasteiger partial charge in [-0.25, -0.2) is 0 Å². The van der Waals surface area contributed by atoms with Crippen LogP contribution >= 0.6 is 34.4 Å². The van der Waals surface area contributed by atoms with Crippen molar-refractivity contribution in [1.82, 2.24) is 13.3 Å². The molecule has 0 atom stereocenters. The summed E-state index contributed by atoms with van der Waals surface area (Å²) in [6.07, 6.45) is 39.3. The Labute approximate surface area is 554 Å². The van der Waals surface area contributed by atoms with Crippen LogP contribution in [0.1, 0.15) is 276 Å². The summed E-state index contributed by atoms with van der Waals surface area (Å²) in [5, 5.41) is 5.12. The smallest absolute Gasteiger partial charge is 0.172 e. The van der Waals surface area contributed by atoms with Crippen molar-refractivity contribution in [2.24, 2.45) is 0 Å². The van der Waals surface area contributed by atoms with E-state index in [-0.39, 0.29) is 10.8 Å². The molecule has 4 heterocycles. The average molecular weight is 1260 g/mol. The van der Waals surface area contributed by atoms with Crippen LogP contribution in [0.3, 0.4) is 0 Å². The highest BCUT2D eigenvalue weighted by Gasteiger charge is 2.45. The van der Waals surface area contributed by atoms with Crippen molar-refractivity contribution in [2.75, 3.05) is 13.2 Å². The van der Waals surface area contributed by atoms with Crippen LogP contribution in [-0.2, 0) is 17.4 Å². The van der Waals surface area contributed by atoms with E-state index in [9.17, 15) is 0 Å². The number of hydrogen-bond acceptors (Lipinski definition) is 7. The Balaban J connectivity index is 1.08. The van der Waals surface area contributed by atoms with Crippen molar-refractivity contribution in [1.29, 1.82) is 0 Å². The van der Waals surface area contributed by atoms with Crippen LogP contribution in [0.25, 0.3) is 86.4 Å². The Morgan fingerprint density at radius 1 is 0.389 bits per heavy atom. The normalized spacial score (nSPS) is 13.7. The Bertz CT molecular complexity index is 3720. The maximum absolute atomic E-state index is 7.12. The lowest BCUT2D eigenvalue weighted by molar-refractivity contribution is 0.261. The first kappa shape index (κ1) is 66.2. The van der Waals surface area contributed by atoms with Crippen LogP contribution in [0, 0.1) is 0 Å². The lowest BCUT2D eigenvalue weighted by atomic mass is 9.70. The number of benzene rings is 5. The van der Waals surface area contributed by atoms with Gasteiger partial charge in [0.2, 0.25) is 0 Å². The molecular weight excluding hydrogens is 1160 g/mol. The Morgan fingerprint density at radius 2 is 0.844 bits per heavy atom. The van der Waals surface area contributed by atoms with Gasteiger partial charge in [-0.15, -0.1) is 22.7 Å². The van der Waals surface area contributed by atoms with Crippen molar-refractivity contribution < 1.29 is 9.47 Å². The summed E-state index contributed by atoms with van der Waals surface area (Å²) in [5.41, 5.74) is 20.3. The molecule has 480 valence electrons. The highest BCUT2D eigenvalue weighted by Crippen LogP contribution is 2.60. The standard InChI is InChI=1S/C82H107N3O2S3/c1-8-15-22-31-46-81(47-32-23-16-9-2)66-40-30-29-39-60(66)62-57-70-64(55-68(62)81)65-56-69-63(58-71(65)85(70)50-35-26-19-12-5)61-43-42-59(54-67(61)82(69,48-33-24-17-10-3)49-34-25-18-11-4)72-44-45-74(89-72)76-78-77(83-90-84-78)75(73-41-38-53-88-73)79(86-51-36-27-20-13-6)80(76)87-52-37-28-21-14-7/h29-30,38-45,53-58H,8-28,31-37,46-52H2,1-7H3. The molecule has 0 saturated carbocycles. The molecule has 0 bridgehead atoms. The van der Waals surface area contributed by atoms with Gasteiger partial charge in [-0.05, 0) is 149 Å². The fraction of sp³-hybridized carbons (Fsp3) is 0.537. The number of thiophene rings is 2. The molecule has 2 aliphatic rings. The molecule has 0 spiro atoms. The Morgan fingerprint density at radius 3 is 1.36 bits per heavy atom. The summed E-state index contributed by atoms with van der Waals surface area (Å²) in [5.74, 6) is 1.66. The molecule has 0 unspecified atom stereocenters.